The maximum absolute atomic E-state index is 12.8. The predicted octanol–water partition coefficient (Wildman–Crippen LogP) is 3.11. The Morgan fingerprint density at radius 2 is 2.24 bits per heavy atom. The van der Waals surface area contributed by atoms with Gasteiger partial charge >= 0.3 is 0 Å². The molecule has 1 unspecified atom stereocenters. The Labute approximate surface area is 151 Å². The third kappa shape index (κ3) is 3.03. The lowest BCUT2D eigenvalue weighted by molar-refractivity contribution is -0.134. The molecule has 4 rings (SSSR count). The molecule has 0 saturated heterocycles. The van der Waals surface area contributed by atoms with Crippen LogP contribution in [0.15, 0.2) is 28.6 Å². The maximum Gasteiger partial charge on any atom is 0.254 e. The van der Waals surface area contributed by atoms with E-state index >= 15 is 0 Å². The average Bonchev–Trinajstić information content (AvgIpc) is 3.03. The highest BCUT2D eigenvalue weighted by molar-refractivity contribution is 7.10. The topological polar surface area (TPSA) is 55.2 Å². The van der Waals surface area contributed by atoms with E-state index in [0.29, 0.717) is 5.92 Å². The molecule has 0 radical (unpaired) electrons. The maximum atomic E-state index is 12.8. The van der Waals surface area contributed by atoms with Crippen molar-refractivity contribution in [3.63, 3.8) is 0 Å². The van der Waals surface area contributed by atoms with Crippen LogP contribution in [0, 0.1) is 0 Å². The van der Waals surface area contributed by atoms with E-state index in [4.69, 9.17) is 0 Å². The van der Waals surface area contributed by atoms with Crippen molar-refractivity contribution >= 4 is 17.2 Å². The fourth-order valence-electron chi connectivity index (χ4n) is 3.86. The van der Waals surface area contributed by atoms with E-state index in [1.165, 1.54) is 21.4 Å². The second-order valence-corrected chi connectivity index (χ2v) is 7.97. The number of hydrogen-bond acceptors (Lipinski definition) is 4. The highest BCUT2D eigenvalue weighted by atomic mass is 32.1. The van der Waals surface area contributed by atoms with Crippen molar-refractivity contribution in [1.82, 2.24) is 14.5 Å². The lowest BCUT2D eigenvalue weighted by Crippen LogP contribution is -2.42. The first-order valence-electron chi connectivity index (χ1n) is 9.09. The van der Waals surface area contributed by atoms with Crippen LogP contribution >= 0.6 is 11.3 Å². The molecule has 1 fully saturated rings. The summed E-state index contributed by atoms with van der Waals surface area (Å²) >= 11 is 1.77. The van der Waals surface area contributed by atoms with Crippen molar-refractivity contribution in [3.05, 3.63) is 50.3 Å². The zero-order valence-corrected chi connectivity index (χ0v) is 15.3. The summed E-state index contributed by atoms with van der Waals surface area (Å²) in [6, 6.07) is 3.87. The van der Waals surface area contributed by atoms with Gasteiger partial charge in [-0.15, -0.1) is 11.3 Å². The fraction of sp³-hybridized carbons (Fsp3) is 0.526. The zero-order chi connectivity index (χ0) is 17.4. The summed E-state index contributed by atoms with van der Waals surface area (Å²) < 4.78 is 1.44. The Balaban J connectivity index is 1.51. The van der Waals surface area contributed by atoms with Gasteiger partial charge in [0, 0.05) is 23.4 Å². The quantitative estimate of drug-likeness (QED) is 0.845. The zero-order valence-electron chi connectivity index (χ0n) is 14.5. The molecule has 1 aliphatic carbocycles. The molecule has 1 saturated carbocycles. The Morgan fingerprint density at radius 3 is 2.92 bits per heavy atom. The Hall–Kier alpha value is -1.95. The summed E-state index contributed by atoms with van der Waals surface area (Å²) in [5, 5.41) is 2.11. The van der Waals surface area contributed by atoms with Gasteiger partial charge in [0.25, 0.3) is 5.56 Å². The largest absolute Gasteiger partial charge is 0.334 e. The summed E-state index contributed by atoms with van der Waals surface area (Å²) in [5.74, 6) is 0.436. The van der Waals surface area contributed by atoms with Crippen LogP contribution in [0.25, 0.3) is 0 Å². The molecule has 1 atom stereocenters. The summed E-state index contributed by atoms with van der Waals surface area (Å²) in [7, 11) is 0. The molecule has 6 heteroatoms. The number of thiophene rings is 1. The van der Waals surface area contributed by atoms with Crippen LogP contribution in [0.4, 0.5) is 0 Å². The van der Waals surface area contributed by atoms with Gasteiger partial charge in [-0.3, -0.25) is 14.2 Å². The van der Waals surface area contributed by atoms with E-state index in [1.54, 1.807) is 23.7 Å². The summed E-state index contributed by atoms with van der Waals surface area (Å²) in [5.41, 5.74) is 2.04. The number of carbonyl (C=O) groups is 1. The molecule has 5 nitrogen and oxygen atoms in total. The molecule has 0 bridgehead atoms. The Morgan fingerprint density at radius 1 is 1.40 bits per heavy atom. The standard InChI is InChI=1S/C19H23N3O2S/c1-2-16-14-7-9-25-17(14)6-8-22(16)19(24)11-21-12-20-15(10-18(21)23)13-4-3-5-13/h7,9-10,12-13,16H,2-6,8,11H2,1H3. The molecule has 0 N–H and O–H groups in total. The number of amides is 1. The van der Waals surface area contributed by atoms with E-state index in [2.05, 4.69) is 23.4 Å². The van der Waals surface area contributed by atoms with Crippen LogP contribution < -0.4 is 5.56 Å². The highest BCUT2D eigenvalue weighted by Crippen LogP contribution is 2.36. The number of aromatic nitrogens is 2. The minimum atomic E-state index is -0.119. The van der Waals surface area contributed by atoms with Gasteiger partial charge in [0.15, 0.2) is 0 Å². The number of carbonyl (C=O) groups excluding carboxylic acids is 1. The number of hydrogen-bond donors (Lipinski definition) is 0. The highest BCUT2D eigenvalue weighted by Gasteiger charge is 2.30. The average molecular weight is 357 g/mol. The van der Waals surface area contributed by atoms with Gasteiger partial charge in [-0.05, 0) is 42.7 Å². The van der Waals surface area contributed by atoms with E-state index in [9.17, 15) is 9.59 Å². The molecule has 132 valence electrons. The van der Waals surface area contributed by atoms with E-state index in [-0.39, 0.29) is 24.1 Å². The van der Waals surface area contributed by atoms with Crippen LogP contribution in [0.3, 0.4) is 0 Å². The van der Waals surface area contributed by atoms with Crippen molar-refractivity contribution < 1.29 is 4.79 Å². The SMILES string of the molecule is CCC1c2ccsc2CCN1C(=O)Cn1cnc(C2CCC2)cc1=O. The molecular weight excluding hydrogens is 334 g/mol. The van der Waals surface area contributed by atoms with E-state index < -0.39 is 0 Å². The third-order valence-corrected chi connectivity index (χ3v) is 6.53. The van der Waals surface area contributed by atoms with Gasteiger partial charge in [0.1, 0.15) is 6.54 Å². The molecule has 0 spiro atoms. The molecule has 1 aliphatic heterocycles. The second-order valence-electron chi connectivity index (χ2n) is 6.97. The monoisotopic (exact) mass is 357 g/mol. The number of rotatable bonds is 4. The lowest BCUT2D eigenvalue weighted by Gasteiger charge is -2.35. The third-order valence-electron chi connectivity index (χ3n) is 5.53. The first kappa shape index (κ1) is 16.5. The van der Waals surface area contributed by atoms with Gasteiger partial charge in [0.05, 0.1) is 18.1 Å². The normalized spacial score (nSPS) is 20.2. The summed E-state index contributed by atoms with van der Waals surface area (Å²) in [6.45, 7) is 2.92. The van der Waals surface area contributed by atoms with Crippen molar-refractivity contribution in [2.24, 2.45) is 0 Å². The van der Waals surface area contributed by atoms with E-state index in [0.717, 1.165) is 37.9 Å². The lowest BCUT2D eigenvalue weighted by atomic mass is 9.83. The van der Waals surface area contributed by atoms with Crippen LogP contribution in [0.2, 0.25) is 0 Å². The first-order valence-corrected chi connectivity index (χ1v) is 9.97. The van der Waals surface area contributed by atoms with Gasteiger partial charge in [-0.2, -0.15) is 0 Å². The second kappa shape index (κ2) is 6.75. The first-order chi connectivity index (χ1) is 12.2. The van der Waals surface area contributed by atoms with Gasteiger partial charge in [-0.25, -0.2) is 4.98 Å². The predicted molar refractivity (Wildman–Crippen MR) is 97.9 cm³/mol. The van der Waals surface area contributed by atoms with Crippen molar-refractivity contribution in [3.8, 4) is 0 Å². The molecule has 25 heavy (non-hydrogen) atoms. The van der Waals surface area contributed by atoms with E-state index in [1.807, 2.05) is 4.90 Å². The molecular formula is C19H23N3O2S. The molecule has 2 aromatic heterocycles. The summed E-state index contributed by atoms with van der Waals surface area (Å²) in [6.07, 6.45) is 6.79. The van der Waals surface area contributed by atoms with Gasteiger partial charge in [-0.1, -0.05) is 13.3 Å². The Bertz CT molecular complexity index is 837. The van der Waals surface area contributed by atoms with Gasteiger partial charge in [0.2, 0.25) is 5.91 Å². The van der Waals surface area contributed by atoms with Crippen LogP contribution in [-0.2, 0) is 17.8 Å². The van der Waals surface area contributed by atoms with Crippen LogP contribution in [0.1, 0.15) is 60.7 Å². The van der Waals surface area contributed by atoms with Crippen molar-refractivity contribution in [2.45, 2.75) is 57.5 Å². The van der Waals surface area contributed by atoms with Crippen LogP contribution in [-0.4, -0.2) is 26.9 Å². The van der Waals surface area contributed by atoms with Crippen molar-refractivity contribution in [2.75, 3.05) is 6.54 Å². The number of nitrogens with zero attached hydrogens (tertiary/aromatic N) is 3. The van der Waals surface area contributed by atoms with Gasteiger partial charge < -0.3 is 4.90 Å². The van der Waals surface area contributed by atoms with Crippen LogP contribution in [0.5, 0.6) is 0 Å². The molecule has 2 aliphatic rings. The molecule has 0 aromatic carbocycles. The minimum Gasteiger partial charge on any atom is -0.334 e. The minimum absolute atomic E-state index is 0.00370. The summed E-state index contributed by atoms with van der Waals surface area (Å²) in [4.78, 5) is 33.0. The smallest absolute Gasteiger partial charge is 0.254 e. The van der Waals surface area contributed by atoms with Crippen molar-refractivity contribution in [1.29, 1.82) is 0 Å². The fourth-order valence-corrected chi connectivity index (χ4v) is 4.79. The number of fused-ring (bicyclic) bond motifs is 1. The molecule has 3 heterocycles. The molecule has 1 amide bonds. The molecule has 2 aromatic rings. The Kier molecular flexibility index (Phi) is 4.46.